The van der Waals surface area contributed by atoms with E-state index in [4.69, 9.17) is 19.9 Å². The van der Waals surface area contributed by atoms with Gasteiger partial charge >= 0.3 is 6.09 Å². The molecule has 1 aromatic carbocycles. The predicted molar refractivity (Wildman–Crippen MR) is 87.1 cm³/mol. The first-order chi connectivity index (χ1) is 11.9. The Balaban J connectivity index is 1.93. The number of benzene rings is 1. The van der Waals surface area contributed by atoms with E-state index in [0.717, 1.165) is 0 Å². The molecule has 3 aliphatic heterocycles. The third-order valence-corrected chi connectivity index (χ3v) is 5.62. The van der Waals surface area contributed by atoms with E-state index in [1.165, 1.54) is 7.11 Å². The van der Waals surface area contributed by atoms with Gasteiger partial charge in [0.2, 0.25) is 0 Å². The van der Waals surface area contributed by atoms with E-state index in [1.807, 2.05) is 4.90 Å². The molecule has 2 fully saturated rings. The summed E-state index contributed by atoms with van der Waals surface area (Å²) in [6.07, 6.45) is -0.910. The van der Waals surface area contributed by atoms with Crippen molar-refractivity contribution in [3.63, 3.8) is 0 Å². The molecule has 4 atom stereocenters. The van der Waals surface area contributed by atoms with Gasteiger partial charge in [-0.05, 0) is 6.92 Å². The van der Waals surface area contributed by atoms with Crippen molar-refractivity contribution in [2.75, 3.05) is 32.3 Å². The van der Waals surface area contributed by atoms with Crippen LogP contribution >= 0.6 is 0 Å². The summed E-state index contributed by atoms with van der Waals surface area (Å²) in [4.78, 5) is 13.1. The molecule has 9 nitrogen and oxygen atoms in total. The van der Waals surface area contributed by atoms with E-state index in [2.05, 4.69) is 5.32 Å². The number of anilines is 1. The number of aromatic hydroxyl groups is 2. The fourth-order valence-electron chi connectivity index (χ4n) is 4.55. The van der Waals surface area contributed by atoms with E-state index in [-0.39, 0.29) is 35.9 Å². The van der Waals surface area contributed by atoms with Crippen LogP contribution in [0.15, 0.2) is 0 Å². The summed E-state index contributed by atoms with van der Waals surface area (Å²) in [5, 5.41) is 24.9. The van der Waals surface area contributed by atoms with Crippen LogP contribution in [-0.2, 0) is 9.47 Å². The number of hydrogen-bond acceptors (Lipinski definition) is 8. The second-order valence-electron chi connectivity index (χ2n) is 6.62. The van der Waals surface area contributed by atoms with Crippen LogP contribution in [0.5, 0.6) is 17.2 Å². The van der Waals surface area contributed by atoms with Gasteiger partial charge in [-0.25, -0.2) is 4.79 Å². The van der Waals surface area contributed by atoms with Gasteiger partial charge in [0, 0.05) is 30.8 Å². The van der Waals surface area contributed by atoms with Gasteiger partial charge in [0.25, 0.3) is 0 Å². The highest BCUT2D eigenvalue weighted by Crippen LogP contribution is 2.64. The first kappa shape index (κ1) is 16.1. The number of phenolic OH excluding ortho intramolecular Hbond substituents is 2. The van der Waals surface area contributed by atoms with Gasteiger partial charge in [-0.2, -0.15) is 0 Å². The molecule has 25 heavy (non-hydrogen) atoms. The number of amides is 1. The van der Waals surface area contributed by atoms with E-state index >= 15 is 0 Å². The maximum Gasteiger partial charge on any atom is 0.404 e. The van der Waals surface area contributed by atoms with Crippen LogP contribution in [0.2, 0.25) is 0 Å². The van der Waals surface area contributed by atoms with Crippen molar-refractivity contribution in [3.05, 3.63) is 11.1 Å². The van der Waals surface area contributed by atoms with E-state index in [0.29, 0.717) is 23.4 Å². The van der Waals surface area contributed by atoms with Gasteiger partial charge < -0.3 is 40.4 Å². The van der Waals surface area contributed by atoms with Crippen molar-refractivity contribution in [1.82, 2.24) is 5.32 Å². The number of piperazine rings is 1. The monoisotopic (exact) mass is 351 g/mol. The Kier molecular flexibility index (Phi) is 3.26. The fraction of sp³-hybridized carbons (Fsp3) is 0.562. The number of rotatable bonds is 4. The molecule has 1 amide bonds. The molecule has 2 saturated heterocycles. The molecule has 0 unspecified atom stereocenters. The molecule has 1 aromatic rings. The second-order valence-corrected chi connectivity index (χ2v) is 6.62. The maximum absolute atomic E-state index is 11.2. The standard InChI is InChI=1S/C16H21N3O6/c1-6-11(20)10-9(12(21)13(6)23-2)7(5-25-15(17)22)16(24-3)14-8(18-14)4-19(10)16/h7-8,14,18,20-21H,4-5H2,1-3H3,(H2,17,22)/t7-,8+,14+,16-/m1/s1. The number of fused-ring (bicyclic) bond motifs is 5. The van der Waals surface area contributed by atoms with Gasteiger partial charge in [-0.15, -0.1) is 0 Å². The molecule has 3 heterocycles. The number of hydrogen-bond donors (Lipinski definition) is 4. The molecule has 5 N–H and O–H groups in total. The number of carbonyl (C=O) groups excluding carboxylic acids is 1. The van der Waals surface area contributed by atoms with Crippen LogP contribution in [-0.4, -0.2) is 61.5 Å². The van der Waals surface area contributed by atoms with Crippen molar-refractivity contribution in [1.29, 1.82) is 0 Å². The third-order valence-electron chi connectivity index (χ3n) is 5.62. The first-order valence-corrected chi connectivity index (χ1v) is 8.01. The fourth-order valence-corrected chi connectivity index (χ4v) is 4.55. The van der Waals surface area contributed by atoms with E-state index in [1.54, 1.807) is 14.0 Å². The number of carbonyl (C=O) groups is 1. The van der Waals surface area contributed by atoms with E-state index in [9.17, 15) is 15.0 Å². The summed E-state index contributed by atoms with van der Waals surface area (Å²) in [7, 11) is 2.99. The summed E-state index contributed by atoms with van der Waals surface area (Å²) < 4.78 is 16.2. The number of nitrogens with two attached hydrogens (primary N) is 1. The van der Waals surface area contributed by atoms with Crippen LogP contribution in [0, 0.1) is 6.92 Å². The Hall–Kier alpha value is -2.39. The third kappa shape index (κ3) is 1.82. The highest BCUT2D eigenvalue weighted by Gasteiger charge is 2.71. The molecule has 0 radical (unpaired) electrons. The normalized spacial score (nSPS) is 31.3. The largest absolute Gasteiger partial charge is 0.505 e. The summed E-state index contributed by atoms with van der Waals surface area (Å²) in [6, 6.07) is 0.213. The lowest BCUT2D eigenvalue weighted by atomic mass is 9.88. The molecule has 3 aliphatic rings. The summed E-state index contributed by atoms with van der Waals surface area (Å²) in [5.41, 5.74) is 5.63. The van der Waals surface area contributed by atoms with Crippen LogP contribution in [0.25, 0.3) is 0 Å². The lowest BCUT2D eigenvalue weighted by molar-refractivity contribution is -0.0338. The minimum Gasteiger partial charge on any atom is -0.505 e. The lowest BCUT2D eigenvalue weighted by Crippen LogP contribution is -2.54. The Labute approximate surface area is 144 Å². The van der Waals surface area contributed by atoms with Crippen LogP contribution in [0.3, 0.4) is 0 Å². The topological polar surface area (TPSA) is 136 Å². The lowest BCUT2D eigenvalue weighted by Gasteiger charge is -2.38. The molecule has 0 aromatic heterocycles. The summed E-state index contributed by atoms with van der Waals surface area (Å²) >= 11 is 0. The number of ether oxygens (including phenoxy) is 3. The number of phenols is 2. The van der Waals surface area contributed by atoms with Gasteiger partial charge in [-0.3, -0.25) is 0 Å². The number of primary amides is 1. The maximum atomic E-state index is 11.2. The quantitative estimate of drug-likeness (QED) is 0.443. The zero-order valence-corrected chi connectivity index (χ0v) is 14.2. The number of methoxy groups -OCH3 is 2. The average Bonchev–Trinajstić information content (AvgIpc) is 3.18. The number of nitrogens with one attached hydrogen (secondary N) is 1. The number of nitrogens with zero attached hydrogens (tertiary/aromatic N) is 1. The van der Waals surface area contributed by atoms with Crippen molar-refractivity contribution in [3.8, 4) is 17.2 Å². The van der Waals surface area contributed by atoms with Gasteiger partial charge in [0.1, 0.15) is 12.4 Å². The Morgan fingerprint density at radius 2 is 2.12 bits per heavy atom. The molecule has 136 valence electrons. The highest BCUT2D eigenvalue weighted by atomic mass is 16.6. The summed E-state index contributed by atoms with van der Waals surface area (Å²) in [6.45, 7) is 2.19. The summed E-state index contributed by atoms with van der Waals surface area (Å²) in [5.74, 6) is -0.415. The average molecular weight is 351 g/mol. The Morgan fingerprint density at radius 1 is 1.40 bits per heavy atom. The van der Waals surface area contributed by atoms with Gasteiger partial charge in [-0.1, -0.05) is 0 Å². The first-order valence-electron chi connectivity index (χ1n) is 8.01. The predicted octanol–water partition coefficient (Wildman–Crippen LogP) is 0.110. The van der Waals surface area contributed by atoms with Crippen molar-refractivity contribution in [2.45, 2.75) is 30.7 Å². The van der Waals surface area contributed by atoms with Crippen LogP contribution in [0.1, 0.15) is 17.0 Å². The molecule has 0 bridgehead atoms. The minimum atomic E-state index is -0.910. The molecule has 0 spiro atoms. The van der Waals surface area contributed by atoms with Crippen molar-refractivity contribution in [2.24, 2.45) is 5.73 Å². The molecule has 0 saturated carbocycles. The zero-order valence-electron chi connectivity index (χ0n) is 14.2. The molecular weight excluding hydrogens is 330 g/mol. The molecular formula is C16H21N3O6. The molecule has 0 aliphatic carbocycles. The van der Waals surface area contributed by atoms with Crippen LogP contribution < -0.4 is 20.7 Å². The Morgan fingerprint density at radius 3 is 2.72 bits per heavy atom. The molecule has 4 rings (SSSR count). The zero-order chi connectivity index (χ0) is 18.1. The SMILES string of the molecule is COc1c(C)c(O)c2c(c1O)[C@@H](COC(N)=O)[C@@]1(OC)[C@H]3N[C@H]3CN21. The minimum absolute atomic E-state index is 0.00326. The molecule has 9 heteroatoms. The second kappa shape index (κ2) is 5.06. The van der Waals surface area contributed by atoms with Crippen molar-refractivity contribution >= 4 is 11.8 Å². The smallest absolute Gasteiger partial charge is 0.404 e. The Bertz CT molecular complexity index is 769. The van der Waals surface area contributed by atoms with E-state index < -0.39 is 17.7 Å². The van der Waals surface area contributed by atoms with Gasteiger partial charge in [0.15, 0.2) is 17.2 Å². The highest BCUT2D eigenvalue weighted by molar-refractivity contribution is 5.82. The van der Waals surface area contributed by atoms with Gasteiger partial charge in [0.05, 0.1) is 24.8 Å². The van der Waals surface area contributed by atoms with Crippen LogP contribution in [0.4, 0.5) is 10.5 Å². The van der Waals surface area contributed by atoms with Crippen molar-refractivity contribution < 1.29 is 29.2 Å².